The van der Waals surface area contributed by atoms with Gasteiger partial charge in [0, 0.05) is 75.7 Å². The molecule has 0 atom stereocenters. The average molecular weight is 995 g/mol. The van der Waals surface area contributed by atoms with Gasteiger partial charge in [-0.25, -0.2) is 0 Å². The van der Waals surface area contributed by atoms with Gasteiger partial charge in [-0.2, -0.15) is 4.90 Å². The Morgan fingerprint density at radius 1 is 0.400 bits per heavy atom. The molecule has 0 bridgehead atoms. The van der Waals surface area contributed by atoms with E-state index in [9.17, 15) is 0 Å². The Morgan fingerprint density at radius 3 is 0.860 bits per heavy atom. The van der Waals surface area contributed by atoms with Crippen LogP contribution >= 0.6 is 0 Å². The molecule has 2 rings (SSSR count). The fourth-order valence-corrected chi connectivity index (χ4v) is 48.2. The summed E-state index contributed by atoms with van der Waals surface area (Å²) >= 11 is 5.59. The molecule has 0 spiro atoms. The summed E-state index contributed by atoms with van der Waals surface area (Å²) in [6, 6.07) is 14.2. The topological polar surface area (TPSA) is 0 Å². The third kappa shape index (κ3) is 14.2. The third-order valence-corrected chi connectivity index (χ3v) is 38.5. The van der Waals surface area contributed by atoms with E-state index in [0.717, 1.165) is 20.4 Å². The Kier molecular flexibility index (Phi) is 18.5. The summed E-state index contributed by atoms with van der Waals surface area (Å²) in [7, 11) is -8.28. The first kappa shape index (κ1) is 50.9. The molecular weight excluding hydrogens is 912 g/mol. The molecule has 5 radical (unpaired) electrons. The van der Waals surface area contributed by atoms with Gasteiger partial charge < -0.3 is 12.6 Å². The minimum Gasteiger partial charge on any atom is -0.779 e. The molecule has 0 unspecified atom stereocenters. The molecular formula is C42H82PbSSi6-. The van der Waals surface area contributed by atoms with Gasteiger partial charge in [-0.3, -0.25) is 0 Å². The maximum Gasteiger partial charge on any atom is 0.0493 e. The second kappa shape index (κ2) is 18.2. The van der Waals surface area contributed by atoms with Crippen molar-refractivity contribution < 1.29 is 0 Å². The van der Waals surface area contributed by atoms with Crippen LogP contribution in [0.1, 0.15) is 108 Å². The fraction of sp³-hybridized carbons (Fsp3) is 0.714. The van der Waals surface area contributed by atoms with Gasteiger partial charge in [0.05, 0.1) is 0 Å². The minimum atomic E-state index is -1.39. The van der Waals surface area contributed by atoms with Crippen molar-refractivity contribution in [2.75, 3.05) is 0 Å². The Hall–Kier alpha value is 0.883. The van der Waals surface area contributed by atoms with Gasteiger partial charge in [-0.1, -0.05) is 195 Å². The van der Waals surface area contributed by atoms with Crippen LogP contribution in [0.5, 0.6) is 0 Å². The summed E-state index contributed by atoms with van der Waals surface area (Å²) in [6.45, 7) is 60.4. The molecule has 0 nitrogen and oxygen atoms in total. The molecule has 8 heteroatoms. The van der Waals surface area contributed by atoms with Crippen LogP contribution < -0.4 is 0 Å². The molecule has 0 aromatic heterocycles. The fourth-order valence-electron chi connectivity index (χ4n) is 9.77. The van der Waals surface area contributed by atoms with Crippen LogP contribution in [-0.4, -0.2) is 75.7 Å². The summed E-state index contributed by atoms with van der Waals surface area (Å²) in [5, 5.41) is 2.32. The summed E-state index contributed by atoms with van der Waals surface area (Å²) in [6.07, 6.45) is 0. The van der Waals surface area contributed by atoms with E-state index in [1.807, 2.05) is 0 Å². The number of rotatable bonds is 12. The van der Waals surface area contributed by atoms with Crippen molar-refractivity contribution in [2.45, 2.75) is 198 Å². The van der Waals surface area contributed by atoms with Crippen molar-refractivity contribution in [2.24, 2.45) is 0 Å². The standard InChI is InChI=1S/C27H59Si6.C15H24S.Pb/c1-28(2,3)25(29(4,5)6)22-19-23(26(30(7,8)9)31(10,11)12)21-24(20-22)27(32(13,14)15)33(16,17)18;1-9(2)12-7-13(10(3)4)15(16)14(8-12)11(5)6;/h19-20,25-27H,1-18H3;7-11,16H,1-6H3;/p-1. The van der Waals surface area contributed by atoms with Crippen molar-refractivity contribution in [3.8, 4) is 0 Å². The van der Waals surface area contributed by atoms with Crippen LogP contribution in [0.25, 0.3) is 0 Å². The van der Waals surface area contributed by atoms with E-state index in [2.05, 4.69) is 190 Å². The van der Waals surface area contributed by atoms with E-state index in [1.54, 1.807) is 16.7 Å². The smallest absolute Gasteiger partial charge is 0.0493 e. The molecule has 0 amide bonds. The minimum absolute atomic E-state index is 0. The van der Waals surface area contributed by atoms with Gasteiger partial charge in [0.15, 0.2) is 0 Å². The Morgan fingerprint density at radius 2 is 0.660 bits per heavy atom. The van der Waals surface area contributed by atoms with E-state index in [4.69, 9.17) is 12.6 Å². The van der Waals surface area contributed by atoms with Crippen LogP contribution in [0.2, 0.25) is 118 Å². The first-order valence-electron chi connectivity index (χ1n) is 19.4. The quantitative estimate of drug-likeness (QED) is 0.151. The van der Waals surface area contributed by atoms with Crippen LogP contribution in [0.3, 0.4) is 0 Å². The van der Waals surface area contributed by atoms with Crippen molar-refractivity contribution in [1.29, 1.82) is 0 Å². The first-order chi connectivity index (χ1) is 21.5. The molecule has 0 heterocycles. The number of hydrogen-bond donors (Lipinski definition) is 0. The van der Waals surface area contributed by atoms with Gasteiger partial charge in [-0.05, 0) is 61.6 Å². The van der Waals surface area contributed by atoms with Crippen molar-refractivity contribution in [3.05, 3.63) is 63.7 Å². The predicted octanol–water partition coefficient (Wildman–Crippen LogP) is 14.6. The molecule has 285 valence electrons. The van der Waals surface area contributed by atoms with E-state index in [1.165, 1.54) is 16.7 Å². The third-order valence-electron chi connectivity index (χ3n) is 10.2. The molecule has 0 aliphatic carbocycles. The van der Waals surface area contributed by atoms with Gasteiger partial charge in [-0.15, -0.1) is 0 Å². The molecule has 0 saturated heterocycles. The van der Waals surface area contributed by atoms with E-state index in [0.29, 0.717) is 17.8 Å². The molecule has 0 aliphatic rings. The van der Waals surface area contributed by atoms with Gasteiger partial charge in [0.2, 0.25) is 0 Å². The van der Waals surface area contributed by atoms with Crippen LogP contribution in [0.15, 0.2) is 29.2 Å². The summed E-state index contributed by atoms with van der Waals surface area (Å²) < 4.78 is 0. The van der Waals surface area contributed by atoms with E-state index >= 15 is 0 Å². The molecule has 0 fully saturated rings. The number of hydrogen-bond acceptors (Lipinski definition) is 1. The zero-order chi connectivity index (χ0) is 39.0. The van der Waals surface area contributed by atoms with Crippen LogP contribution in [-0.2, 0) is 12.6 Å². The van der Waals surface area contributed by atoms with E-state index in [-0.39, 0.29) is 27.3 Å². The van der Waals surface area contributed by atoms with Crippen LogP contribution in [0, 0.1) is 6.07 Å². The van der Waals surface area contributed by atoms with Gasteiger partial charge in [0.1, 0.15) is 0 Å². The summed E-state index contributed by atoms with van der Waals surface area (Å²) in [5.41, 5.74) is 9.03. The second-order valence-electron chi connectivity index (χ2n) is 22.8. The predicted molar refractivity (Wildman–Crippen MR) is 254 cm³/mol. The largest absolute Gasteiger partial charge is 0.779 e. The maximum absolute atomic E-state index is 5.59. The monoisotopic (exact) mass is 994 g/mol. The maximum atomic E-state index is 5.59. The number of benzene rings is 2. The molecule has 0 aliphatic heterocycles. The molecule has 50 heavy (non-hydrogen) atoms. The molecule has 2 aromatic rings. The molecule has 0 N–H and O–H groups in total. The molecule has 0 saturated carbocycles. The van der Waals surface area contributed by atoms with Crippen molar-refractivity contribution in [1.82, 2.24) is 0 Å². The van der Waals surface area contributed by atoms with Crippen molar-refractivity contribution in [3.63, 3.8) is 0 Å². The zero-order valence-corrected chi connectivity index (χ0v) is 48.4. The van der Waals surface area contributed by atoms with Gasteiger partial charge in [0.25, 0.3) is 0 Å². The molecule has 2 aromatic carbocycles. The SMILES string of the molecule is CC(C)c1cc(C(C)C)c([S-])c(C(C)C)c1.C[Si](C)(C)C(c1[c]c(C([Si](C)(C)C)[Si](C)(C)C)cc(C([Si](C)(C)C)[Si](C)(C)C)c1)[Si](C)(C)C.[Pb]. The first-order valence-corrected chi connectivity index (χ1v) is 41.3. The van der Waals surface area contributed by atoms with Crippen molar-refractivity contribution >= 4 is 88.4 Å². The van der Waals surface area contributed by atoms with Crippen LogP contribution in [0.4, 0.5) is 0 Å². The Balaban J connectivity index is 0.00000118. The summed E-state index contributed by atoms with van der Waals surface area (Å²) in [4.78, 5) is 1.08. The average Bonchev–Trinajstić information content (AvgIpc) is 2.78. The zero-order valence-electron chi connectivity index (χ0n) is 37.7. The van der Waals surface area contributed by atoms with Gasteiger partial charge >= 0.3 is 0 Å². The normalized spacial score (nSPS) is 13.8. The Labute approximate surface area is 346 Å². The Bertz CT molecular complexity index is 1180. The second-order valence-corrected chi connectivity index (χ2v) is 56.8. The summed E-state index contributed by atoms with van der Waals surface area (Å²) in [5.74, 6) is 1.61. The van der Waals surface area contributed by atoms with E-state index < -0.39 is 48.4 Å².